The monoisotopic (exact) mass is 311 g/mol. The van der Waals surface area contributed by atoms with E-state index in [2.05, 4.69) is 5.32 Å². The molecule has 0 unspecified atom stereocenters. The highest BCUT2D eigenvalue weighted by molar-refractivity contribution is 6.31. The molecular formula is C16H22ClNO3. The lowest BCUT2D eigenvalue weighted by Gasteiger charge is -2.19. The van der Waals surface area contributed by atoms with Crippen molar-refractivity contribution in [3.63, 3.8) is 0 Å². The Morgan fingerprint density at radius 2 is 1.95 bits per heavy atom. The maximum absolute atomic E-state index is 11.9. The second-order valence-electron chi connectivity index (χ2n) is 5.98. The van der Waals surface area contributed by atoms with Crippen LogP contribution in [0.5, 0.6) is 0 Å². The van der Waals surface area contributed by atoms with Crippen LogP contribution in [0.15, 0.2) is 18.2 Å². The number of benzene rings is 1. The van der Waals surface area contributed by atoms with Gasteiger partial charge in [0.15, 0.2) is 0 Å². The number of Topliss-reactive ketones (excluding diaryl/α,β-unsaturated/α-hetero) is 1. The fourth-order valence-corrected chi connectivity index (χ4v) is 1.87. The van der Waals surface area contributed by atoms with Crippen LogP contribution < -0.4 is 5.32 Å². The van der Waals surface area contributed by atoms with Crippen molar-refractivity contribution in [3.8, 4) is 0 Å². The van der Waals surface area contributed by atoms with Crippen molar-refractivity contribution in [1.82, 2.24) is 5.32 Å². The number of carbonyl (C=O) groups is 2. The summed E-state index contributed by atoms with van der Waals surface area (Å²) in [4.78, 5) is 23.3. The summed E-state index contributed by atoms with van der Waals surface area (Å²) in [5.74, 6) is 0.0628. The summed E-state index contributed by atoms with van der Waals surface area (Å²) in [7, 11) is 0. The van der Waals surface area contributed by atoms with Crippen molar-refractivity contribution in [2.24, 2.45) is 0 Å². The molecule has 0 aromatic heterocycles. The Balaban J connectivity index is 2.34. The van der Waals surface area contributed by atoms with Crippen LogP contribution in [-0.4, -0.2) is 24.0 Å². The molecule has 0 saturated carbocycles. The van der Waals surface area contributed by atoms with Crippen LogP contribution in [0, 0.1) is 6.92 Å². The molecule has 21 heavy (non-hydrogen) atoms. The number of hydrogen-bond donors (Lipinski definition) is 1. The molecule has 5 heteroatoms. The lowest BCUT2D eigenvalue weighted by Crippen LogP contribution is -2.33. The molecule has 0 spiro atoms. The molecule has 4 nitrogen and oxygen atoms in total. The van der Waals surface area contributed by atoms with Crippen molar-refractivity contribution >= 4 is 23.5 Å². The van der Waals surface area contributed by atoms with E-state index in [9.17, 15) is 9.59 Å². The van der Waals surface area contributed by atoms with Gasteiger partial charge in [-0.2, -0.15) is 0 Å². The van der Waals surface area contributed by atoms with Crippen LogP contribution >= 0.6 is 11.6 Å². The molecule has 0 fully saturated rings. The quantitative estimate of drug-likeness (QED) is 0.902. The third-order valence-electron chi connectivity index (χ3n) is 2.70. The standard InChI is InChI=1S/C16H22ClNO3/c1-11-9-12(5-6-14(11)17)10-13(19)7-8-18-15(20)21-16(2,3)4/h5-6,9H,7-8,10H2,1-4H3,(H,18,20). The van der Waals surface area contributed by atoms with E-state index < -0.39 is 11.7 Å². The molecule has 0 aliphatic heterocycles. The second kappa shape index (κ2) is 7.46. The number of carbonyl (C=O) groups excluding carboxylic acids is 2. The molecule has 0 atom stereocenters. The number of aryl methyl sites for hydroxylation is 1. The Kier molecular flexibility index (Phi) is 6.21. The molecule has 0 heterocycles. The van der Waals surface area contributed by atoms with Gasteiger partial charge in [0.25, 0.3) is 0 Å². The van der Waals surface area contributed by atoms with Crippen molar-refractivity contribution < 1.29 is 14.3 Å². The smallest absolute Gasteiger partial charge is 0.407 e. The van der Waals surface area contributed by atoms with E-state index >= 15 is 0 Å². The maximum atomic E-state index is 11.9. The fourth-order valence-electron chi connectivity index (χ4n) is 1.75. The summed E-state index contributed by atoms with van der Waals surface area (Å²) in [5.41, 5.74) is 1.35. The van der Waals surface area contributed by atoms with Gasteiger partial charge in [0.05, 0.1) is 0 Å². The molecule has 0 radical (unpaired) electrons. The zero-order valence-corrected chi connectivity index (χ0v) is 13.7. The average molecular weight is 312 g/mol. The van der Waals surface area contributed by atoms with E-state index in [1.807, 2.05) is 19.1 Å². The summed E-state index contributed by atoms with van der Waals surface area (Å²) < 4.78 is 5.09. The Bertz CT molecular complexity index is 521. The molecular weight excluding hydrogens is 290 g/mol. The SMILES string of the molecule is Cc1cc(CC(=O)CCNC(=O)OC(C)(C)C)ccc1Cl. The van der Waals surface area contributed by atoms with Gasteiger partial charge >= 0.3 is 6.09 Å². The van der Waals surface area contributed by atoms with E-state index in [-0.39, 0.29) is 18.7 Å². The van der Waals surface area contributed by atoms with Crippen LogP contribution in [0.4, 0.5) is 4.79 Å². The summed E-state index contributed by atoms with van der Waals surface area (Å²) in [6.45, 7) is 7.56. The van der Waals surface area contributed by atoms with E-state index in [1.54, 1.807) is 26.8 Å². The second-order valence-corrected chi connectivity index (χ2v) is 6.38. The number of ketones is 1. The van der Waals surface area contributed by atoms with Gasteiger partial charge in [0.2, 0.25) is 0 Å². The van der Waals surface area contributed by atoms with Gasteiger partial charge in [-0.15, -0.1) is 0 Å². The minimum Gasteiger partial charge on any atom is -0.444 e. The van der Waals surface area contributed by atoms with Crippen molar-refractivity contribution in [2.75, 3.05) is 6.54 Å². The number of amides is 1. The van der Waals surface area contributed by atoms with Gasteiger partial charge in [-0.25, -0.2) is 4.79 Å². The molecule has 0 saturated heterocycles. The van der Waals surface area contributed by atoms with Crippen molar-refractivity contribution in [1.29, 1.82) is 0 Å². The third kappa shape index (κ3) is 7.14. The third-order valence-corrected chi connectivity index (χ3v) is 3.12. The zero-order valence-electron chi connectivity index (χ0n) is 13.0. The Morgan fingerprint density at radius 3 is 2.52 bits per heavy atom. The molecule has 116 valence electrons. The Hall–Kier alpha value is -1.55. The van der Waals surface area contributed by atoms with Crippen molar-refractivity contribution in [2.45, 2.75) is 46.1 Å². The summed E-state index contributed by atoms with van der Waals surface area (Å²) in [5, 5.41) is 3.27. The van der Waals surface area contributed by atoms with Crippen LogP contribution in [0.3, 0.4) is 0 Å². The minimum absolute atomic E-state index is 0.0628. The molecule has 1 rings (SSSR count). The first-order valence-electron chi connectivity index (χ1n) is 6.91. The molecule has 0 bridgehead atoms. The van der Waals surface area contributed by atoms with E-state index in [1.165, 1.54) is 0 Å². The molecule has 1 N–H and O–H groups in total. The molecule has 1 aromatic carbocycles. The Morgan fingerprint density at radius 1 is 1.29 bits per heavy atom. The molecule has 0 aliphatic rings. The topological polar surface area (TPSA) is 55.4 Å². The lowest BCUT2D eigenvalue weighted by atomic mass is 10.0. The van der Waals surface area contributed by atoms with Crippen LogP contribution in [0.25, 0.3) is 0 Å². The van der Waals surface area contributed by atoms with E-state index in [0.717, 1.165) is 11.1 Å². The number of hydrogen-bond acceptors (Lipinski definition) is 3. The highest BCUT2D eigenvalue weighted by atomic mass is 35.5. The van der Waals surface area contributed by atoms with Crippen LogP contribution in [-0.2, 0) is 16.0 Å². The van der Waals surface area contributed by atoms with E-state index in [4.69, 9.17) is 16.3 Å². The zero-order chi connectivity index (χ0) is 16.0. The van der Waals surface area contributed by atoms with Crippen molar-refractivity contribution in [3.05, 3.63) is 34.3 Å². The first kappa shape index (κ1) is 17.5. The molecule has 0 aliphatic carbocycles. The largest absolute Gasteiger partial charge is 0.444 e. The first-order chi connectivity index (χ1) is 9.67. The van der Waals surface area contributed by atoms with Gasteiger partial charge < -0.3 is 10.1 Å². The maximum Gasteiger partial charge on any atom is 0.407 e. The number of ether oxygens (including phenoxy) is 1. The average Bonchev–Trinajstić information content (AvgIpc) is 2.31. The van der Waals surface area contributed by atoms with Gasteiger partial charge in [0.1, 0.15) is 11.4 Å². The fraction of sp³-hybridized carbons (Fsp3) is 0.500. The van der Waals surface area contributed by atoms with E-state index in [0.29, 0.717) is 11.4 Å². The predicted octanol–water partition coefficient (Wildman–Crippen LogP) is 3.67. The highest BCUT2D eigenvalue weighted by Gasteiger charge is 2.15. The number of alkyl carbamates (subject to hydrolysis) is 1. The Labute approximate surface area is 130 Å². The van der Waals surface area contributed by atoms with Gasteiger partial charge in [0, 0.05) is 24.4 Å². The van der Waals surface area contributed by atoms with Gasteiger partial charge in [-0.3, -0.25) is 4.79 Å². The normalized spacial score (nSPS) is 11.1. The van der Waals surface area contributed by atoms with Gasteiger partial charge in [-0.1, -0.05) is 23.7 Å². The van der Waals surface area contributed by atoms with Crippen LogP contribution in [0.2, 0.25) is 5.02 Å². The lowest BCUT2D eigenvalue weighted by molar-refractivity contribution is -0.118. The summed E-state index contributed by atoms with van der Waals surface area (Å²) in [6.07, 6.45) is 0.118. The summed E-state index contributed by atoms with van der Waals surface area (Å²) in [6, 6.07) is 5.54. The van der Waals surface area contributed by atoms with Crippen LogP contribution in [0.1, 0.15) is 38.3 Å². The predicted molar refractivity (Wildman–Crippen MR) is 83.8 cm³/mol. The number of rotatable bonds is 5. The molecule has 1 amide bonds. The highest BCUT2D eigenvalue weighted by Crippen LogP contribution is 2.16. The van der Waals surface area contributed by atoms with Gasteiger partial charge in [-0.05, 0) is 44.9 Å². The summed E-state index contributed by atoms with van der Waals surface area (Å²) >= 11 is 5.94. The minimum atomic E-state index is -0.533. The first-order valence-corrected chi connectivity index (χ1v) is 7.29. The molecule has 1 aromatic rings. The number of halogens is 1. The number of nitrogens with one attached hydrogen (secondary N) is 1.